The van der Waals surface area contributed by atoms with Crippen molar-refractivity contribution in [2.24, 2.45) is 0 Å². The Morgan fingerprint density at radius 3 is 2.44 bits per heavy atom. The number of hydrogen-bond acceptors (Lipinski definition) is 3. The molecule has 0 aliphatic heterocycles. The van der Waals surface area contributed by atoms with Crippen LogP contribution in [0.2, 0.25) is 5.02 Å². The van der Waals surface area contributed by atoms with Crippen LogP contribution in [-0.4, -0.2) is 15.5 Å². The molecule has 0 fully saturated rings. The topological polar surface area (TPSA) is 64.0 Å². The third kappa shape index (κ3) is 4.33. The number of aryl methyl sites for hydroxylation is 1. The summed E-state index contributed by atoms with van der Waals surface area (Å²) >= 11 is 5.81. The van der Waals surface area contributed by atoms with E-state index in [9.17, 15) is 9.59 Å². The van der Waals surface area contributed by atoms with Crippen molar-refractivity contribution in [1.29, 1.82) is 0 Å². The molecule has 0 aliphatic rings. The molecule has 0 aliphatic carbocycles. The number of nitrogens with zero attached hydrogens (tertiary/aromatic N) is 2. The molecule has 0 saturated heterocycles. The van der Waals surface area contributed by atoms with Gasteiger partial charge in [-0.1, -0.05) is 41.4 Å². The molecule has 3 rings (SSSR count). The van der Waals surface area contributed by atoms with Gasteiger partial charge in [0, 0.05) is 22.3 Å². The summed E-state index contributed by atoms with van der Waals surface area (Å²) in [5, 5.41) is 3.30. The number of anilines is 1. The summed E-state index contributed by atoms with van der Waals surface area (Å²) in [5.74, 6) is -0.311. The highest BCUT2D eigenvalue weighted by atomic mass is 35.5. The van der Waals surface area contributed by atoms with Crippen molar-refractivity contribution in [3.63, 3.8) is 0 Å². The highest BCUT2D eigenvalue weighted by Gasteiger charge is 2.07. The largest absolute Gasteiger partial charge is 0.325 e. The smallest absolute Gasteiger partial charge is 0.254 e. The van der Waals surface area contributed by atoms with Gasteiger partial charge in [-0.25, -0.2) is 4.98 Å². The molecule has 25 heavy (non-hydrogen) atoms. The van der Waals surface area contributed by atoms with Crippen molar-refractivity contribution < 1.29 is 4.79 Å². The lowest BCUT2D eigenvalue weighted by Gasteiger charge is -2.08. The summed E-state index contributed by atoms with van der Waals surface area (Å²) in [6.45, 7) is 1.89. The van der Waals surface area contributed by atoms with Gasteiger partial charge in [0.25, 0.3) is 5.56 Å². The first kappa shape index (κ1) is 16.9. The van der Waals surface area contributed by atoms with Crippen LogP contribution in [0.15, 0.2) is 65.7 Å². The van der Waals surface area contributed by atoms with Crippen molar-refractivity contribution in [3.8, 4) is 11.3 Å². The van der Waals surface area contributed by atoms with Gasteiger partial charge in [0.1, 0.15) is 6.54 Å². The van der Waals surface area contributed by atoms with Crippen LogP contribution in [0.25, 0.3) is 11.3 Å². The Morgan fingerprint density at radius 1 is 1.12 bits per heavy atom. The SMILES string of the molecule is Cc1ccc(-c2cc(=O)n(CC(=O)Nc3ccc(Cl)cc3)cn2)cc1. The van der Waals surface area contributed by atoms with Gasteiger partial charge >= 0.3 is 0 Å². The Morgan fingerprint density at radius 2 is 1.80 bits per heavy atom. The van der Waals surface area contributed by atoms with E-state index in [1.165, 1.54) is 17.0 Å². The van der Waals surface area contributed by atoms with Crippen molar-refractivity contribution in [2.45, 2.75) is 13.5 Å². The molecule has 0 radical (unpaired) electrons. The van der Waals surface area contributed by atoms with Crippen LogP contribution in [0, 0.1) is 6.92 Å². The second-order valence-electron chi connectivity index (χ2n) is 5.66. The lowest BCUT2D eigenvalue weighted by atomic mass is 10.1. The highest BCUT2D eigenvalue weighted by Crippen LogP contribution is 2.15. The third-order valence-corrected chi connectivity index (χ3v) is 3.92. The lowest BCUT2D eigenvalue weighted by Crippen LogP contribution is -2.27. The minimum Gasteiger partial charge on any atom is -0.325 e. The lowest BCUT2D eigenvalue weighted by molar-refractivity contribution is -0.116. The molecule has 0 bridgehead atoms. The summed E-state index contributed by atoms with van der Waals surface area (Å²) in [4.78, 5) is 28.6. The maximum atomic E-state index is 12.2. The molecule has 0 atom stereocenters. The number of halogens is 1. The van der Waals surface area contributed by atoms with Gasteiger partial charge < -0.3 is 5.32 Å². The number of benzene rings is 2. The molecule has 0 spiro atoms. The van der Waals surface area contributed by atoms with Crippen LogP contribution in [0.5, 0.6) is 0 Å². The van der Waals surface area contributed by atoms with Crippen molar-refractivity contribution >= 4 is 23.2 Å². The van der Waals surface area contributed by atoms with Crippen LogP contribution in [-0.2, 0) is 11.3 Å². The van der Waals surface area contributed by atoms with Crippen molar-refractivity contribution in [2.75, 3.05) is 5.32 Å². The first-order chi connectivity index (χ1) is 12.0. The number of hydrogen-bond donors (Lipinski definition) is 1. The normalized spacial score (nSPS) is 10.5. The molecule has 1 N–H and O–H groups in total. The molecule has 1 heterocycles. The molecule has 5 nitrogen and oxygen atoms in total. The van der Waals surface area contributed by atoms with Crippen LogP contribution in [0.1, 0.15) is 5.56 Å². The monoisotopic (exact) mass is 353 g/mol. The minimum atomic E-state index is -0.311. The summed E-state index contributed by atoms with van der Waals surface area (Å²) in [7, 11) is 0. The van der Waals surface area contributed by atoms with E-state index < -0.39 is 0 Å². The van der Waals surface area contributed by atoms with E-state index >= 15 is 0 Å². The number of rotatable bonds is 4. The van der Waals surface area contributed by atoms with Gasteiger partial charge in [-0.15, -0.1) is 0 Å². The van der Waals surface area contributed by atoms with Crippen molar-refractivity contribution in [3.05, 3.63) is 81.9 Å². The van der Waals surface area contributed by atoms with E-state index in [1.807, 2.05) is 31.2 Å². The molecule has 3 aromatic rings. The van der Waals surface area contributed by atoms with Gasteiger partial charge in [0.05, 0.1) is 12.0 Å². The quantitative estimate of drug-likeness (QED) is 0.780. The average Bonchev–Trinajstić information content (AvgIpc) is 2.59. The molecule has 126 valence electrons. The Labute approximate surface area is 149 Å². The predicted octanol–water partition coefficient (Wildman–Crippen LogP) is 3.51. The van der Waals surface area contributed by atoms with Gasteiger partial charge in [-0.05, 0) is 31.2 Å². The first-order valence-corrected chi connectivity index (χ1v) is 8.08. The number of aromatic nitrogens is 2. The molecule has 2 aromatic carbocycles. The first-order valence-electron chi connectivity index (χ1n) is 7.70. The second kappa shape index (κ2) is 7.32. The maximum absolute atomic E-state index is 12.2. The molecule has 1 aromatic heterocycles. The fraction of sp³-hybridized carbons (Fsp3) is 0.105. The molecule has 0 saturated carbocycles. The summed E-state index contributed by atoms with van der Waals surface area (Å²) in [5.41, 5.74) is 2.92. The van der Waals surface area contributed by atoms with Gasteiger partial charge in [0.15, 0.2) is 0 Å². The average molecular weight is 354 g/mol. The zero-order valence-electron chi connectivity index (χ0n) is 13.6. The van der Waals surface area contributed by atoms with Gasteiger partial charge in [-0.2, -0.15) is 0 Å². The Hall–Kier alpha value is -2.92. The number of carbonyl (C=O) groups is 1. The Balaban J connectivity index is 1.72. The predicted molar refractivity (Wildman–Crippen MR) is 98.8 cm³/mol. The fourth-order valence-electron chi connectivity index (χ4n) is 2.32. The number of amides is 1. The molecule has 1 amide bonds. The molecule has 6 heteroatoms. The standard InChI is InChI=1S/C19H16ClN3O2/c1-13-2-4-14(5-3-13)17-10-19(25)23(12-21-17)11-18(24)22-16-8-6-15(20)7-9-16/h2-10,12H,11H2,1H3,(H,22,24). The number of carbonyl (C=O) groups excluding carboxylic acids is 1. The number of nitrogens with one attached hydrogen (secondary N) is 1. The van der Waals surface area contributed by atoms with Crippen LogP contribution in [0.3, 0.4) is 0 Å². The van der Waals surface area contributed by atoms with E-state index in [0.717, 1.165) is 11.1 Å². The van der Waals surface area contributed by atoms with Crippen LogP contribution in [0.4, 0.5) is 5.69 Å². The van der Waals surface area contributed by atoms with Crippen LogP contribution < -0.4 is 10.9 Å². The molecule has 0 unspecified atom stereocenters. The fourth-order valence-corrected chi connectivity index (χ4v) is 2.44. The zero-order chi connectivity index (χ0) is 17.8. The summed E-state index contributed by atoms with van der Waals surface area (Å²) in [6.07, 6.45) is 1.39. The zero-order valence-corrected chi connectivity index (χ0v) is 14.3. The van der Waals surface area contributed by atoms with Crippen molar-refractivity contribution in [1.82, 2.24) is 9.55 Å². The maximum Gasteiger partial charge on any atom is 0.254 e. The minimum absolute atomic E-state index is 0.108. The Bertz CT molecular complexity index is 948. The second-order valence-corrected chi connectivity index (χ2v) is 6.10. The molecular weight excluding hydrogens is 338 g/mol. The Kier molecular flexibility index (Phi) is 4.95. The van der Waals surface area contributed by atoms with Crippen LogP contribution >= 0.6 is 11.6 Å². The van der Waals surface area contributed by atoms with Gasteiger partial charge in [-0.3, -0.25) is 14.2 Å². The summed E-state index contributed by atoms with van der Waals surface area (Å²) < 4.78 is 1.27. The van der Waals surface area contributed by atoms with E-state index in [-0.39, 0.29) is 18.0 Å². The molecular formula is C19H16ClN3O2. The van der Waals surface area contributed by atoms with E-state index in [2.05, 4.69) is 10.3 Å². The van der Waals surface area contributed by atoms with E-state index in [1.54, 1.807) is 24.3 Å². The van der Waals surface area contributed by atoms with Gasteiger partial charge in [0.2, 0.25) is 5.91 Å². The third-order valence-electron chi connectivity index (χ3n) is 3.67. The highest BCUT2D eigenvalue weighted by molar-refractivity contribution is 6.30. The van der Waals surface area contributed by atoms with E-state index in [0.29, 0.717) is 16.4 Å². The summed E-state index contributed by atoms with van der Waals surface area (Å²) in [6, 6.07) is 15.9. The van der Waals surface area contributed by atoms with E-state index in [4.69, 9.17) is 11.6 Å².